The quantitative estimate of drug-likeness (QED) is 0.427. The molecule has 21 heavy (non-hydrogen) atoms. The first-order valence-corrected chi connectivity index (χ1v) is 12.4. The lowest BCUT2D eigenvalue weighted by Gasteiger charge is -2.30. The normalized spacial score (nSPS) is 22.6. The molecular weight excluding hydrogens is 272 g/mol. The van der Waals surface area contributed by atoms with E-state index in [9.17, 15) is 4.79 Å². The van der Waals surface area contributed by atoms with Crippen LogP contribution in [-0.2, 0) is 4.79 Å². The minimum absolute atomic E-state index is 0.199. The highest BCUT2D eigenvalue weighted by atomic mass is 28.3. The molecular formula is C19H32OSi. The van der Waals surface area contributed by atoms with Gasteiger partial charge in [0.1, 0.15) is 0 Å². The standard InChI is InChI=1S/C19H32OSi/c1-5-6-7-8-9-11-16-14-15-12-10-13-17(15)19(18(16)20)21(2,3)4/h14,16H,5-13H2,1-4H3. The predicted octanol–water partition coefficient (Wildman–Crippen LogP) is 5.83. The first-order chi connectivity index (χ1) is 9.95. The molecule has 0 aromatic carbocycles. The highest BCUT2D eigenvalue weighted by molar-refractivity contribution is 6.87. The second kappa shape index (κ2) is 7.08. The number of ketones is 1. The summed E-state index contributed by atoms with van der Waals surface area (Å²) >= 11 is 0. The molecule has 1 atom stereocenters. The number of hydrogen-bond donors (Lipinski definition) is 0. The molecule has 0 radical (unpaired) electrons. The van der Waals surface area contributed by atoms with Crippen LogP contribution >= 0.6 is 0 Å². The van der Waals surface area contributed by atoms with Crippen LogP contribution in [-0.4, -0.2) is 13.9 Å². The van der Waals surface area contributed by atoms with E-state index >= 15 is 0 Å². The summed E-state index contributed by atoms with van der Waals surface area (Å²) in [6, 6.07) is 0. The van der Waals surface area contributed by atoms with Gasteiger partial charge in [-0.1, -0.05) is 64.7 Å². The van der Waals surface area contributed by atoms with E-state index in [2.05, 4.69) is 32.6 Å². The number of unbranched alkanes of at least 4 members (excludes halogenated alkanes) is 4. The van der Waals surface area contributed by atoms with Gasteiger partial charge in [0, 0.05) is 5.92 Å². The number of carbonyl (C=O) groups excluding carboxylic acids is 1. The third-order valence-corrected chi connectivity index (χ3v) is 6.96. The molecule has 0 amide bonds. The SMILES string of the molecule is CCCCCCCC1C=C2CCCC2=C([Si](C)(C)C)C1=O. The lowest BCUT2D eigenvalue weighted by atomic mass is 9.87. The summed E-state index contributed by atoms with van der Waals surface area (Å²) in [7, 11) is -1.52. The Bertz CT molecular complexity index is 451. The van der Waals surface area contributed by atoms with Crippen molar-refractivity contribution in [2.45, 2.75) is 84.4 Å². The lowest BCUT2D eigenvalue weighted by molar-refractivity contribution is -0.117. The van der Waals surface area contributed by atoms with E-state index in [4.69, 9.17) is 0 Å². The maximum absolute atomic E-state index is 13.0. The molecule has 0 spiro atoms. The van der Waals surface area contributed by atoms with Crippen molar-refractivity contribution in [2.75, 3.05) is 0 Å². The summed E-state index contributed by atoms with van der Waals surface area (Å²) in [5, 5.41) is 1.29. The van der Waals surface area contributed by atoms with Crippen LogP contribution in [0.4, 0.5) is 0 Å². The van der Waals surface area contributed by atoms with E-state index in [1.807, 2.05) is 0 Å². The second-order valence-electron chi connectivity index (χ2n) is 7.82. The third-order valence-electron chi connectivity index (χ3n) is 4.92. The molecule has 1 nitrogen and oxygen atoms in total. The Balaban J connectivity index is 2.06. The Morgan fingerprint density at radius 2 is 1.81 bits per heavy atom. The zero-order chi connectivity index (χ0) is 15.5. The van der Waals surface area contributed by atoms with E-state index in [0.29, 0.717) is 5.78 Å². The monoisotopic (exact) mass is 304 g/mol. The predicted molar refractivity (Wildman–Crippen MR) is 94.2 cm³/mol. The molecule has 0 aromatic heterocycles. The van der Waals surface area contributed by atoms with Gasteiger partial charge in [0.15, 0.2) is 5.78 Å². The van der Waals surface area contributed by atoms with E-state index in [-0.39, 0.29) is 5.92 Å². The van der Waals surface area contributed by atoms with Crippen molar-refractivity contribution in [1.29, 1.82) is 0 Å². The van der Waals surface area contributed by atoms with Crippen LogP contribution in [0.5, 0.6) is 0 Å². The molecule has 0 aliphatic heterocycles. The summed E-state index contributed by atoms with van der Waals surface area (Å²) in [5.41, 5.74) is 2.99. The average molecular weight is 305 g/mol. The Kier molecular flexibility index (Phi) is 5.65. The van der Waals surface area contributed by atoms with Gasteiger partial charge in [-0.3, -0.25) is 4.79 Å². The Morgan fingerprint density at radius 1 is 1.10 bits per heavy atom. The van der Waals surface area contributed by atoms with E-state index in [0.717, 1.165) is 12.8 Å². The lowest BCUT2D eigenvalue weighted by Crippen LogP contribution is -2.36. The fourth-order valence-electron chi connectivity index (χ4n) is 3.89. The molecule has 0 saturated heterocycles. The van der Waals surface area contributed by atoms with Gasteiger partial charge in [-0.2, -0.15) is 0 Å². The highest BCUT2D eigenvalue weighted by Gasteiger charge is 2.37. The molecule has 2 heteroatoms. The van der Waals surface area contributed by atoms with Gasteiger partial charge in [0.2, 0.25) is 0 Å². The largest absolute Gasteiger partial charge is 0.294 e. The van der Waals surface area contributed by atoms with Crippen LogP contribution in [0.1, 0.15) is 64.7 Å². The molecule has 0 bridgehead atoms. The second-order valence-corrected chi connectivity index (χ2v) is 12.8. The number of rotatable bonds is 7. The van der Waals surface area contributed by atoms with Crippen molar-refractivity contribution in [3.05, 3.63) is 22.4 Å². The van der Waals surface area contributed by atoms with Gasteiger partial charge < -0.3 is 0 Å². The molecule has 0 heterocycles. The number of hydrogen-bond acceptors (Lipinski definition) is 1. The molecule has 0 N–H and O–H groups in total. The van der Waals surface area contributed by atoms with E-state index in [1.165, 1.54) is 61.3 Å². The zero-order valence-electron chi connectivity index (χ0n) is 14.4. The van der Waals surface area contributed by atoms with Crippen molar-refractivity contribution in [1.82, 2.24) is 0 Å². The maximum Gasteiger partial charge on any atom is 0.162 e. The first-order valence-electron chi connectivity index (χ1n) is 8.94. The summed E-state index contributed by atoms with van der Waals surface area (Å²) in [4.78, 5) is 13.0. The van der Waals surface area contributed by atoms with Crippen LogP contribution < -0.4 is 0 Å². The summed E-state index contributed by atoms with van der Waals surface area (Å²) in [6.07, 6.45) is 13.5. The van der Waals surface area contributed by atoms with Gasteiger partial charge >= 0.3 is 0 Å². The molecule has 0 aromatic rings. The van der Waals surface area contributed by atoms with Crippen molar-refractivity contribution >= 4 is 13.9 Å². The molecule has 2 aliphatic rings. The number of Topliss-reactive ketones (excluding diaryl/α,β-unsaturated/α-hetero) is 1. The summed E-state index contributed by atoms with van der Waals surface area (Å²) in [6.45, 7) is 9.27. The van der Waals surface area contributed by atoms with Crippen LogP contribution in [0, 0.1) is 5.92 Å². The van der Waals surface area contributed by atoms with Crippen LogP contribution in [0.2, 0.25) is 19.6 Å². The molecule has 1 fully saturated rings. The van der Waals surface area contributed by atoms with Crippen molar-refractivity contribution in [3.63, 3.8) is 0 Å². The molecule has 2 aliphatic carbocycles. The Labute approximate surface area is 131 Å². The smallest absolute Gasteiger partial charge is 0.162 e. The maximum atomic E-state index is 13.0. The van der Waals surface area contributed by atoms with Crippen LogP contribution in [0.3, 0.4) is 0 Å². The van der Waals surface area contributed by atoms with E-state index < -0.39 is 8.07 Å². The zero-order valence-corrected chi connectivity index (χ0v) is 15.4. The minimum Gasteiger partial charge on any atom is -0.294 e. The van der Waals surface area contributed by atoms with Gasteiger partial charge in [0.25, 0.3) is 0 Å². The molecule has 1 saturated carbocycles. The van der Waals surface area contributed by atoms with E-state index in [1.54, 1.807) is 0 Å². The number of carbonyl (C=O) groups is 1. The van der Waals surface area contributed by atoms with Crippen LogP contribution in [0.15, 0.2) is 22.4 Å². The Hall–Kier alpha value is -0.633. The minimum atomic E-state index is -1.52. The number of allylic oxidation sites excluding steroid dienone is 4. The van der Waals surface area contributed by atoms with Crippen molar-refractivity contribution in [3.8, 4) is 0 Å². The van der Waals surface area contributed by atoms with Gasteiger partial charge in [-0.05, 0) is 42.0 Å². The fraction of sp³-hybridized carbons (Fsp3) is 0.737. The van der Waals surface area contributed by atoms with Gasteiger partial charge in [0.05, 0.1) is 8.07 Å². The fourth-order valence-corrected chi connectivity index (χ4v) is 6.01. The summed E-state index contributed by atoms with van der Waals surface area (Å²) in [5.74, 6) is 0.690. The first kappa shape index (κ1) is 16.7. The average Bonchev–Trinajstić information content (AvgIpc) is 2.84. The van der Waals surface area contributed by atoms with Gasteiger partial charge in [-0.15, -0.1) is 0 Å². The highest BCUT2D eigenvalue weighted by Crippen LogP contribution is 2.42. The van der Waals surface area contributed by atoms with Crippen molar-refractivity contribution in [2.24, 2.45) is 5.92 Å². The molecule has 118 valence electrons. The summed E-state index contributed by atoms with van der Waals surface area (Å²) < 4.78 is 0. The Morgan fingerprint density at radius 3 is 2.48 bits per heavy atom. The molecule has 2 rings (SSSR count). The molecule has 1 unspecified atom stereocenters. The number of fused-ring (bicyclic) bond motifs is 1. The van der Waals surface area contributed by atoms with Crippen LogP contribution in [0.25, 0.3) is 0 Å². The topological polar surface area (TPSA) is 17.1 Å². The third kappa shape index (κ3) is 3.97. The van der Waals surface area contributed by atoms with Crippen molar-refractivity contribution < 1.29 is 4.79 Å². The van der Waals surface area contributed by atoms with Gasteiger partial charge in [-0.25, -0.2) is 0 Å².